The Kier molecular flexibility index (Phi) is 2.91. The van der Waals surface area contributed by atoms with Crippen molar-refractivity contribution in [3.63, 3.8) is 0 Å². The molecule has 0 amide bonds. The van der Waals surface area contributed by atoms with Gasteiger partial charge >= 0.3 is 0 Å². The van der Waals surface area contributed by atoms with E-state index in [9.17, 15) is 0 Å². The highest BCUT2D eigenvalue weighted by Gasteiger charge is 2.22. The SMILES string of the molecule is ClC[C@H]1Cc2cc(I)c(Cl)cc2O1. The van der Waals surface area contributed by atoms with Crippen molar-refractivity contribution in [1.82, 2.24) is 0 Å². The average molecular weight is 329 g/mol. The predicted molar refractivity (Wildman–Crippen MR) is 63.0 cm³/mol. The second kappa shape index (κ2) is 3.83. The fraction of sp³-hybridized carbons (Fsp3) is 0.333. The molecule has 2 rings (SSSR count). The van der Waals surface area contributed by atoms with E-state index in [1.807, 2.05) is 6.07 Å². The van der Waals surface area contributed by atoms with Gasteiger partial charge in [0.15, 0.2) is 0 Å². The van der Waals surface area contributed by atoms with Crippen LogP contribution in [-0.4, -0.2) is 12.0 Å². The van der Waals surface area contributed by atoms with Crippen molar-refractivity contribution in [1.29, 1.82) is 0 Å². The van der Waals surface area contributed by atoms with Crippen molar-refractivity contribution >= 4 is 45.8 Å². The van der Waals surface area contributed by atoms with Gasteiger partial charge in [0, 0.05) is 16.1 Å². The molecule has 0 saturated carbocycles. The maximum Gasteiger partial charge on any atom is 0.124 e. The third kappa shape index (κ3) is 1.90. The van der Waals surface area contributed by atoms with Gasteiger partial charge in [-0.05, 0) is 34.2 Å². The highest BCUT2D eigenvalue weighted by molar-refractivity contribution is 14.1. The lowest BCUT2D eigenvalue weighted by atomic mass is 10.1. The van der Waals surface area contributed by atoms with Crippen molar-refractivity contribution < 1.29 is 4.74 Å². The van der Waals surface area contributed by atoms with Crippen LogP contribution >= 0.6 is 45.8 Å². The van der Waals surface area contributed by atoms with Gasteiger partial charge in [0.1, 0.15) is 11.9 Å². The molecule has 0 aromatic heterocycles. The highest BCUT2D eigenvalue weighted by atomic mass is 127. The molecule has 1 heterocycles. The Balaban J connectivity index is 2.36. The van der Waals surface area contributed by atoms with E-state index in [1.54, 1.807) is 0 Å². The van der Waals surface area contributed by atoms with Crippen LogP contribution in [-0.2, 0) is 6.42 Å². The molecule has 1 aliphatic rings. The van der Waals surface area contributed by atoms with E-state index in [1.165, 1.54) is 5.56 Å². The average Bonchev–Trinajstić information content (AvgIpc) is 2.48. The molecule has 0 fully saturated rings. The minimum Gasteiger partial charge on any atom is -0.488 e. The Morgan fingerprint density at radius 1 is 1.54 bits per heavy atom. The van der Waals surface area contributed by atoms with Gasteiger partial charge in [0.05, 0.1) is 10.9 Å². The molecule has 1 nitrogen and oxygen atoms in total. The standard InChI is InChI=1S/C9H7Cl2IO/c10-4-6-1-5-2-8(12)7(11)3-9(5)13-6/h2-3,6H,1,4H2/t6-/m1/s1. The Hall–Kier alpha value is 0.330. The molecule has 0 bridgehead atoms. The van der Waals surface area contributed by atoms with Gasteiger partial charge in [-0.15, -0.1) is 11.6 Å². The van der Waals surface area contributed by atoms with Gasteiger partial charge in [-0.3, -0.25) is 0 Å². The second-order valence-corrected chi connectivity index (χ2v) is 4.85. The molecule has 70 valence electrons. The molecule has 1 aromatic rings. The van der Waals surface area contributed by atoms with Crippen molar-refractivity contribution in [2.45, 2.75) is 12.5 Å². The summed E-state index contributed by atoms with van der Waals surface area (Å²) in [4.78, 5) is 0. The molecule has 13 heavy (non-hydrogen) atoms. The zero-order chi connectivity index (χ0) is 9.42. The van der Waals surface area contributed by atoms with Crippen LogP contribution in [0.4, 0.5) is 0 Å². The van der Waals surface area contributed by atoms with E-state index in [2.05, 4.69) is 28.7 Å². The molecule has 0 spiro atoms. The molecule has 1 aliphatic heterocycles. The molecule has 0 saturated heterocycles. The first kappa shape index (κ1) is 9.87. The van der Waals surface area contributed by atoms with Gasteiger partial charge in [-0.2, -0.15) is 0 Å². The van der Waals surface area contributed by atoms with Crippen molar-refractivity contribution in [3.05, 3.63) is 26.3 Å². The lowest BCUT2D eigenvalue weighted by Crippen LogP contribution is -2.13. The number of halogens is 3. The van der Waals surface area contributed by atoms with Gasteiger partial charge in [0.25, 0.3) is 0 Å². The van der Waals surface area contributed by atoms with Crippen molar-refractivity contribution in [2.24, 2.45) is 0 Å². The molecule has 0 radical (unpaired) electrons. The second-order valence-electron chi connectivity index (χ2n) is 2.97. The highest BCUT2D eigenvalue weighted by Crippen LogP contribution is 2.34. The summed E-state index contributed by atoms with van der Waals surface area (Å²) in [6, 6.07) is 3.93. The Labute approximate surface area is 101 Å². The van der Waals surface area contributed by atoms with Gasteiger partial charge in [0.2, 0.25) is 0 Å². The number of hydrogen-bond donors (Lipinski definition) is 0. The third-order valence-corrected chi connectivity index (χ3v) is 3.89. The molecule has 0 unspecified atom stereocenters. The van der Waals surface area contributed by atoms with E-state index >= 15 is 0 Å². The first-order valence-corrected chi connectivity index (χ1v) is 5.90. The summed E-state index contributed by atoms with van der Waals surface area (Å²) in [5, 5.41) is 0.745. The molecule has 1 atom stereocenters. The van der Waals surface area contributed by atoms with E-state index in [4.69, 9.17) is 27.9 Å². The van der Waals surface area contributed by atoms with Crippen LogP contribution in [0, 0.1) is 3.57 Å². The number of fused-ring (bicyclic) bond motifs is 1. The van der Waals surface area contributed by atoms with Crippen LogP contribution < -0.4 is 4.74 Å². The zero-order valence-corrected chi connectivity index (χ0v) is 10.4. The number of rotatable bonds is 1. The number of hydrogen-bond acceptors (Lipinski definition) is 1. The van der Waals surface area contributed by atoms with Crippen LogP contribution in [0.3, 0.4) is 0 Å². The minimum atomic E-state index is 0.117. The summed E-state index contributed by atoms with van der Waals surface area (Å²) in [6.07, 6.45) is 1.01. The maximum atomic E-state index is 5.96. The van der Waals surface area contributed by atoms with Gasteiger partial charge in [-0.1, -0.05) is 11.6 Å². The first-order valence-electron chi connectivity index (χ1n) is 3.91. The van der Waals surface area contributed by atoms with Gasteiger partial charge in [-0.25, -0.2) is 0 Å². The number of ether oxygens (including phenoxy) is 1. The monoisotopic (exact) mass is 328 g/mol. The lowest BCUT2D eigenvalue weighted by molar-refractivity contribution is 0.258. The van der Waals surface area contributed by atoms with E-state index < -0.39 is 0 Å². The molecular weight excluding hydrogens is 322 g/mol. The lowest BCUT2D eigenvalue weighted by Gasteiger charge is -2.05. The molecule has 0 N–H and O–H groups in total. The maximum absolute atomic E-state index is 5.96. The predicted octanol–water partition coefficient (Wildman–Crippen LogP) is 3.49. The zero-order valence-electron chi connectivity index (χ0n) is 6.69. The fourth-order valence-electron chi connectivity index (χ4n) is 1.39. The normalized spacial score (nSPS) is 19.8. The quantitative estimate of drug-likeness (QED) is 0.566. The summed E-state index contributed by atoms with van der Waals surface area (Å²) < 4.78 is 6.64. The largest absolute Gasteiger partial charge is 0.488 e. The van der Waals surface area contributed by atoms with Crippen LogP contribution in [0.1, 0.15) is 5.56 Å². The Morgan fingerprint density at radius 2 is 2.31 bits per heavy atom. The fourth-order valence-corrected chi connectivity index (χ4v) is 2.25. The minimum absolute atomic E-state index is 0.117. The molecule has 1 aromatic carbocycles. The Morgan fingerprint density at radius 3 is 3.00 bits per heavy atom. The van der Waals surface area contributed by atoms with E-state index in [0.717, 1.165) is 20.8 Å². The van der Waals surface area contributed by atoms with E-state index in [-0.39, 0.29) is 6.10 Å². The molecule has 4 heteroatoms. The summed E-state index contributed by atoms with van der Waals surface area (Å²) >= 11 is 13.9. The van der Waals surface area contributed by atoms with Crippen LogP contribution in [0.25, 0.3) is 0 Å². The summed E-state index contributed by atoms with van der Waals surface area (Å²) in [7, 11) is 0. The van der Waals surface area contributed by atoms with Crippen LogP contribution in [0.2, 0.25) is 5.02 Å². The summed E-state index contributed by atoms with van der Waals surface area (Å²) in [5.41, 5.74) is 1.21. The van der Waals surface area contributed by atoms with Crippen LogP contribution in [0.5, 0.6) is 5.75 Å². The molecule has 0 aliphatic carbocycles. The molecular formula is C9H7Cl2IO. The topological polar surface area (TPSA) is 9.23 Å². The number of alkyl halides is 1. The van der Waals surface area contributed by atoms with E-state index in [0.29, 0.717) is 5.88 Å². The van der Waals surface area contributed by atoms with Crippen molar-refractivity contribution in [2.75, 3.05) is 5.88 Å². The van der Waals surface area contributed by atoms with Crippen LogP contribution in [0.15, 0.2) is 12.1 Å². The Bertz CT molecular complexity index is 310. The summed E-state index contributed by atoms with van der Waals surface area (Å²) in [6.45, 7) is 0. The van der Waals surface area contributed by atoms with Gasteiger partial charge < -0.3 is 4.74 Å². The van der Waals surface area contributed by atoms with Crippen molar-refractivity contribution in [3.8, 4) is 5.75 Å². The third-order valence-electron chi connectivity index (χ3n) is 2.02. The number of benzene rings is 1. The first-order chi connectivity index (χ1) is 6.20. The smallest absolute Gasteiger partial charge is 0.124 e. The summed E-state index contributed by atoms with van der Waals surface area (Å²) in [5.74, 6) is 1.42.